The number of para-hydroxylation sites is 2. The number of nitrogens with zero attached hydrogens (tertiary/aromatic N) is 1. The summed E-state index contributed by atoms with van der Waals surface area (Å²) in [6, 6.07) is 22.0. The van der Waals surface area contributed by atoms with Gasteiger partial charge in [0.2, 0.25) is 5.90 Å². The Kier molecular flexibility index (Phi) is 6.90. The molecule has 0 saturated heterocycles. The molecule has 0 bridgehead atoms. The van der Waals surface area contributed by atoms with Gasteiger partial charge >= 0.3 is 5.97 Å². The first-order valence-corrected chi connectivity index (χ1v) is 10.3. The first-order valence-electron chi connectivity index (χ1n) is 10.3. The van der Waals surface area contributed by atoms with Crippen molar-refractivity contribution in [2.45, 2.75) is 0 Å². The zero-order valence-electron chi connectivity index (χ0n) is 18.3. The maximum Gasteiger partial charge on any atom is 0.363 e. The SMILES string of the molecule is COc1ccc(OCCOc2ccccc2OC)c(C=C2N=C(c3ccccc3)OC2=O)c1. The lowest BCUT2D eigenvalue weighted by molar-refractivity contribution is -0.129. The number of hydrogen-bond donors (Lipinski definition) is 0. The van der Waals surface area contributed by atoms with Gasteiger partial charge in [0.05, 0.1) is 14.2 Å². The average molecular weight is 445 g/mol. The molecule has 0 aliphatic carbocycles. The molecule has 3 aromatic rings. The molecule has 4 rings (SSSR count). The number of aliphatic imine (C=N–C) groups is 1. The van der Waals surface area contributed by atoms with Crippen LogP contribution >= 0.6 is 0 Å². The van der Waals surface area contributed by atoms with Crippen molar-refractivity contribution in [2.75, 3.05) is 27.4 Å². The number of carbonyl (C=O) groups excluding carboxylic acids is 1. The van der Waals surface area contributed by atoms with Crippen molar-refractivity contribution in [1.82, 2.24) is 0 Å². The van der Waals surface area contributed by atoms with Gasteiger partial charge in [0, 0.05) is 11.1 Å². The molecule has 3 aromatic carbocycles. The molecule has 0 spiro atoms. The Morgan fingerprint density at radius 3 is 2.24 bits per heavy atom. The topological polar surface area (TPSA) is 75.6 Å². The molecule has 0 fully saturated rings. The van der Waals surface area contributed by atoms with Gasteiger partial charge in [-0.3, -0.25) is 0 Å². The molecule has 0 saturated carbocycles. The fourth-order valence-corrected chi connectivity index (χ4v) is 3.20. The molecule has 168 valence electrons. The van der Waals surface area contributed by atoms with E-state index < -0.39 is 5.97 Å². The second kappa shape index (κ2) is 10.4. The summed E-state index contributed by atoms with van der Waals surface area (Å²) in [7, 11) is 3.17. The summed E-state index contributed by atoms with van der Waals surface area (Å²) in [5.41, 5.74) is 1.54. The Balaban J connectivity index is 1.50. The highest BCUT2D eigenvalue weighted by molar-refractivity contribution is 6.12. The molecular weight excluding hydrogens is 422 g/mol. The zero-order chi connectivity index (χ0) is 23.0. The van der Waals surface area contributed by atoms with E-state index in [2.05, 4.69) is 4.99 Å². The van der Waals surface area contributed by atoms with Crippen LogP contribution in [0.1, 0.15) is 11.1 Å². The minimum atomic E-state index is -0.526. The molecule has 0 radical (unpaired) electrons. The van der Waals surface area contributed by atoms with Crippen molar-refractivity contribution in [1.29, 1.82) is 0 Å². The van der Waals surface area contributed by atoms with Gasteiger partial charge in [-0.2, -0.15) is 0 Å². The molecule has 7 heteroatoms. The van der Waals surface area contributed by atoms with Crippen molar-refractivity contribution < 1.29 is 28.5 Å². The van der Waals surface area contributed by atoms with Crippen LogP contribution in [0, 0.1) is 0 Å². The van der Waals surface area contributed by atoms with Gasteiger partial charge in [-0.1, -0.05) is 30.3 Å². The first kappa shape index (κ1) is 22.0. The monoisotopic (exact) mass is 445 g/mol. The summed E-state index contributed by atoms with van der Waals surface area (Å²) in [4.78, 5) is 16.8. The quantitative estimate of drug-likeness (QED) is 0.274. The van der Waals surface area contributed by atoms with Gasteiger partial charge in [-0.15, -0.1) is 0 Å². The van der Waals surface area contributed by atoms with Gasteiger partial charge in [-0.25, -0.2) is 9.79 Å². The van der Waals surface area contributed by atoms with Crippen LogP contribution in [-0.4, -0.2) is 39.3 Å². The minimum Gasteiger partial charge on any atom is -0.497 e. The molecule has 0 unspecified atom stereocenters. The van der Waals surface area contributed by atoms with Crippen molar-refractivity contribution in [3.8, 4) is 23.0 Å². The van der Waals surface area contributed by atoms with E-state index in [0.29, 0.717) is 35.2 Å². The van der Waals surface area contributed by atoms with Gasteiger partial charge in [0.1, 0.15) is 24.7 Å². The highest BCUT2D eigenvalue weighted by atomic mass is 16.6. The maximum absolute atomic E-state index is 12.4. The minimum absolute atomic E-state index is 0.178. The fourth-order valence-electron chi connectivity index (χ4n) is 3.20. The van der Waals surface area contributed by atoms with Crippen LogP contribution in [-0.2, 0) is 9.53 Å². The molecule has 7 nitrogen and oxygen atoms in total. The highest BCUT2D eigenvalue weighted by Gasteiger charge is 2.24. The number of cyclic esters (lactones) is 1. The molecule has 0 aromatic heterocycles. The third kappa shape index (κ3) is 5.33. The molecule has 0 N–H and O–H groups in total. The smallest absolute Gasteiger partial charge is 0.363 e. The van der Waals surface area contributed by atoms with E-state index >= 15 is 0 Å². The molecule has 1 heterocycles. The molecule has 33 heavy (non-hydrogen) atoms. The summed E-state index contributed by atoms with van der Waals surface area (Å²) in [6.45, 7) is 0.588. The van der Waals surface area contributed by atoms with Crippen molar-refractivity contribution in [3.63, 3.8) is 0 Å². The van der Waals surface area contributed by atoms with E-state index in [1.165, 1.54) is 0 Å². The van der Waals surface area contributed by atoms with E-state index in [0.717, 1.165) is 5.56 Å². The highest BCUT2D eigenvalue weighted by Crippen LogP contribution is 2.29. The van der Waals surface area contributed by atoms with E-state index in [1.54, 1.807) is 38.5 Å². The van der Waals surface area contributed by atoms with Crippen molar-refractivity contribution in [2.24, 2.45) is 4.99 Å². The largest absolute Gasteiger partial charge is 0.497 e. The summed E-state index contributed by atoms with van der Waals surface area (Å²) >= 11 is 0. The zero-order valence-corrected chi connectivity index (χ0v) is 18.3. The number of methoxy groups -OCH3 is 2. The second-order valence-electron chi connectivity index (χ2n) is 6.95. The number of ether oxygens (including phenoxy) is 5. The summed E-state index contributed by atoms with van der Waals surface area (Å²) in [5.74, 6) is 2.21. The Morgan fingerprint density at radius 2 is 1.52 bits per heavy atom. The van der Waals surface area contributed by atoms with Crippen LogP contribution in [0.2, 0.25) is 0 Å². The predicted octanol–water partition coefficient (Wildman–Crippen LogP) is 4.51. The third-order valence-electron chi connectivity index (χ3n) is 4.82. The van der Waals surface area contributed by atoms with Crippen LogP contribution in [0.5, 0.6) is 23.0 Å². The number of hydrogen-bond acceptors (Lipinski definition) is 7. The second-order valence-corrected chi connectivity index (χ2v) is 6.95. The Morgan fingerprint density at radius 1 is 0.818 bits per heavy atom. The lowest BCUT2D eigenvalue weighted by Gasteiger charge is -2.13. The number of carbonyl (C=O) groups is 1. The van der Waals surface area contributed by atoms with E-state index in [9.17, 15) is 4.79 Å². The van der Waals surface area contributed by atoms with E-state index in [-0.39, 0.29) is 18.2 Å². The van der Waals surface area contributed by atoms with Crippen LogP contribution in [0.3, 0.4) is 0 Å². The lowest BCUT2D eigenvalue weighted by atomic mass is 10.1. The lowest BCUT2D eigenvalue weighted by Crippen LogP contribution is -2.10. The molecule has 0 atom stereocenters. The van der Waals surface area contributed by atoms with Gasteiger partial charge in [-0.05, 0) is 48.5 Å². The van der Waals surface area contributed by atoms with Crippen LogP contribution in [0.25, 0.3) is 6.08 Å². The first-order chi connectivity index (χ1) is 16.2. The normalized spacial score (nSPS) is 13.9. The Hall–Kier alpha value is -4.26. The number of esters is 1. The van der Waals surface area contributed by atoms with Gasteiger partial charge < -0.3 is 23.7 Å². The Bertz CT molecular complexity index is 1190. The van der Waals surface area contributed by atoms with Crippen molar-refractivity contribution in [3.05, 3.63) is 89.6 Å². The molecule has 1 aliphatic heterocycles. The fraction of sp³-hybridized carbons (Fsp3) is 0.154. The van der Waals surface area contributed by atoms with Gasteiger partial charge in [0.15, 0.2) is 17.2 Å². The summed E-state index contributed by atoms with van der Waals surface area (Å²) in [5, 5.41) is 0. The predicted molar refractivity (Wildman–Crippen MR) is 124 cm³/mol. The van der Waals surface area contributed by atoms with Crippen LogP contribution in [0.15, 0.2) is 83.5 Å². The van der Waals surface area contributed by atoms with Crippen molar-refractivity contribution >= 4 is 17.9 Å². The third-order valence-corrected chi connectivity index (χ3v) is 4.82. The average Bonchev–Trinajstić information content (AvgIpc) is 3.23. The standard InChI is InChI=1S/C26H23NO6/c1-29-20-12-13-22(31-14-15-32-24-11-7-6-10-23(24)30-2)19(16-20)17-21-26(28)33-25(27-21)18-8-4-3-5-9-18/h3-13,16-17H,14-15H2,1-2H3. The number of benzene rings is 3. The number of rotatable bonds is 9. The molecular formula is C26H23NO6. The molecule has 0 amide bonds. The van der Waals surface area contributed by atoms with E-state index in [1.807, 2.05) is 54.6 Å². The summed E-state index contributed by atoms with van der Waals surface area (Å²) < 4.78 is 27.6. The molecule has 1 aliphatic rings. The Labute approximate surface area is 191 Å². The van der Waals surface area contributed by atoms with Crippen LogP contribution < -0.4 is 18.9 Å². The summed E-state index contributed by atoms with van der Waals surface area (Å²) in [6.07, 6.45) is 1.62. The van der Waals surface area contributed by atoms with Gasteiger partial charge in [0.25, 0.3) is 0 Å². The van der Waals surface area contributed by atoms with Crippen LogP contribution in [0.4, 0.5) is 0 Å². The van der Waals surface area contributed by atoms with E-state index in [4.69, 9.17) is 23.7 Å². The maximum atomic E-state index is 12.4.